The van der Waals surface area contributed by atoms with E-state index in [2.05, 4.69) is 37.4 Å². The molecular weight excluding hydrogens is 172 g/mol. The highest BCUT2D eigenvalue weighted by Crippen LogP contribution is 1.98. The third-order valence-corrected chi connectivity index (χ3v) is 4.70. The normalized spacial score (nSPS) is 9.46. The van der Waals surface area contributed by atoms with Crippen molar-refractivity contribution in [2.75, 3.05) is 0 Å². The summed E-state index contributed by atoms with van der Waals surface area (Å²) in [7, 11) is -0.723. The fourth-order valence-corrected chi connectivity index (χ4v) is 2.56. The lowest BCUT2D eigenvalue weighted by atomic mass is 10.2. The SMILES string of the molecule is CC[SiH](C#Cc1ccccc1)CC. The van der Waals surface area contributed by atoms with E-state index in [0.29, 0.717) is 0 Å². The second-order valence-corrected chi connectivity index (χ2v) is 6.46. The molecule has 0 fully saturated rings. The third kappa shape index (κ3) is 3.48. The Kier molecular flexibility index (Phi) is 4.35. The fraction of sp³-hybridized carbons (Fsp3) is 0.333. The minimum atomic E-state index is -0.723. The molecular formula is C12H16Si. The Hall–Kier alpha value is -1.00. The smallest absolute Gasteiger partial charge is 0.122 e. The molecule has 68 valence electrons. The Balaban J connectivity index is 2.66. The van der Waals surface area contributed by atoms with Crippen LogP contribution < -0.4 is 0 Å². The van der Waals surface area contributed by atoms with Crippen LogP contribution in [0.15, 0.2) is 30.3 Å². The van der Waals surface area contributed by atoms with Crippen LogP contribution in [-0.2, 0) is 0 Å². The first-order valence-corrected chi connectivity index (χ1v) is 7.14. The molecule has 0 saturated carbocycles. The van der Waals surface area contributed by atoms with Gasteiger partial charge in [-0.2, -0.15) is 0 Å². The van der Waals surface area contributed by atoms with Crippen LogP contribution in [-0.4, -0.2) is 8.80 Å². The number of hydrogen-bond acceptors (Lipinski definition) is 0. The summed E-state index contributed by atoms with van der Waals surface area (Å²) in [5.41, 5.74) is 4.58. The zero-order valence-corrected chi connectivity index (χ0v) is 9.53. The lowest BCUT2D eigenvalue weighted by Crippen LogP contribution is -2.04. The van der Waals surface area contributed by atoms with Gasteiger partial charge >= 0.3 is 0 Å². The van der Waals surface area contributed by atoms with Crippen molar-refractivity contribution in [3.63, 3.8) is 0 Å². The van der Waals surface area contributed by atoms with Crippen LogP contribution in [0, 0.1) is 11.5 Å². The summed E-state index contributed by atoms with van der Waals surface area (Å²) in [4.78, 5) is 0. The monoisotopic (exact) mass is 188 g/mol. The van der Waals surface area contributed by atoms with E-state index >= 15 is 0 Å². The molecule has 1 heteroatoms. The summed E-state index contributed by atoms with van der Waals surface area (Å²) < 4.78 is 0. The number of rotatable bonds is 2. The van der Waals surface area contributed by atoms with Gasteiger partial charge in [0.25, 0.3) is 0 Å². The molecule has 0 aromatic heterocycles. The largest absolute Gasteiger partial charge is 0.130 e. The van der Waals surface area contributed by atoms with Crippen LogP contribution in [0.3, 0.4) is 0 Å². The third-order valence-electron chi connectivity index (χ3n) is 2.18. The molecule has 1 aromatic rings. The van der Waals surface area contributed by atoms with Crippen LogP contribution in [0.5, 0.6) is 0 Å². The van der Waals surface area contributed by atoms with E-state index in [1.807, 2.05) is 18.2 Å². The molecule has 0 radical (unpaired) electrons. The van der Waals surface area contributed by atoms with Gasteiger partial charge in [0.1, 0.15) is 8.80 Å². The number of benzene rings is 1. The molecule has 13 heavy (non-hydrogen) atoms. The van der Waals surface area contributed by atoms with Crippen LogP contribution in [0.4, 0.5) is 0 Å². The topological polar surface area (TPSA) is 0 Å². The molecule has 0 aliphatic carbocycles. The van der Waals surface area contributed by atoms with Crippen molar-refractivity contribution in [2.45, 2.75) is 25.9 Å². The van der Waals surface area contributed by atoms with Crippen LogP contribution >= 0.6 is 0 Å². The summed E-state index contributed by atoms with van der Waals surface area (Å²) in [5, 5.41) is 0. The van der Waals surface area contributed by atoms with Gasteiger partial charge in [-0.05, 0) is 12.1 Å². The zero-order chi connectivity index (χ0) is 9.52. The van der Waals surface area contributed by atoms with Crippen LogP contribution in [0.1, 0.15) is 19.4 Å². The molecule has 0 nitrogen and oxygen atoms in total. The van der Waals surface area contributed by atoms with E-state index < -0.39 is 8.80 Å². The van der Waals surface area contributed by atoms with E-state index in [9.17, 15) is 0 Å². The lowest BCUT2D eigenvalue weighted by Gasteiger charge is -1.98. The van der Waals surface area contributed by atoms with Crippen molar-refractivity contribution in [1.82, 2.24) is 0 Å². The molecule has 0 aliphatic heterocycles. The van der Waals surface area contributed by atoms with Crippen molar-refractivity contribution in [3.05, 3.63) is 35.9 Å². The quantitative estimate of drug-likeness (QED) is 0.494. The molecule has 0 unspecified atom stereocenters. The summed E-state index contributed by atoms with van der Waals surface area (Å²) in [5.74, 6) is 3.26. The Morgan fingerprint density at radius 1 is 1.08 bits per heavy atom. The minimum Gasteiger partial charge on any atom is -0.130 e. The average Bonchev–Trinajstić information content (AvgIpc) is 2.21. The second kappa shape index (κ2) is 5.61. The maximum absolute atomic E-state index is 3.42. The first-order chi connectivity index (χ1) is 6.36. The average molecular weight is 188 g/mol. The van der Waals surface area contributed by atoms with Gasteiger partial charge in [0.05, 0.1) is 0 Å². The van der Waals surface area contributed by atoms with Crippen molar-refractivity contribution in [3.8, 4) is 11.5 Å². The highest BCUT2D eigenvalue weighted by molar-refractivity contribution is 6.67. The molecule has 0 saturated heterocycles. The minimum absolute atomic E-state index is 0.723. The van der Waals surface area contributed by atoms with Gasteiger partial charge in [-0.1, -0.05) is 50.1 Å². The van der Waals surface area contributed by atoms with Crippen LogP contribution in [0.2, 0.25) is 12.1 Å². The molecule has 1 aromatic carbocycles. The number of hydrogen-bond donors (Lipinski definition) is 0. The van der Waals surface area contributed by atoms with Gasteiger partial charge in [-0.3, -0.25) is 0 Å². The highest BCUT2D eigenvalue weighted by atomic mass is 28.3. The molecule has 0 heterocycles. The predicted octanol–water partition coefficient (Wildman–Crippen LogP) is 2.84. The highest BCUT2D eigenvalue weighted by Gasteiger charge is 1.98. The van der Waals surface area contributed by atoms with Gasteiger partial charge in [0, 0.05) is 5.56 Å². The van der Waals surface area contributed by atoms with Gasteiger partial charge in [0.15, 0.2) is 0 Å². The maximum Gasteiger partial charge on any atom is 0.122 e. The van der Waals surface area contributed by atoms with Crippen molar-refractivity contribution < 1.29 is 0 Å². The van der Waals surface area contributed by atoms with E-state index in [0.717, 1.165) is 5.56 Å². The zero-order valence-electron chi connectivity index (χ0n) is 8.38. The van der Waals surface area contributed by atoms with Crippen molar-refractivity contribution in [1.29, 1.82) is 0 Å². The van der Waals surface area contributed by atoms with Gasteiger partial charge < -0.3 is 0 Å². The summed E-state index contributed by atoms with van der Waals surface area (Å²) in [6, 6.07) is 12.8. The lowest BCUT2D eigenvalue weighted by molar-refractivity contribution is 1.34. The first-order valence-electron chi connectivity index (χ1n) is 4.93. The Labute approximate surface area is 82.6 Å². The standard InChI is InChI=1S/C12H16Si/c1-3-13(4-2)11-10-12-8-6-5-7-9-12/h5-9,13H,3-4H2,1-2H3. The summed E-state index contributed by atoms with van der Waals surface area (Å²) in [6.07, 6.45) is 0. The maximum atomic E-state index is 3.42. The van der Waals surface area contributed by atoms with Crippen LogP contribution in [0.25, 0.3) is 0 Å². The Morgan fingerprint density at radius 3 is 2.23 bits per heavy atom. The molecule has 0 bridgehead atoms. The molecule has 0 amide bonds. The first kappa shape index (κ1) is 10.1. The second-order valence-electron chi connectivity index (χ2n) is 3.15. The fourth-order valence-electron chi connectivity index (χ4n) is 1.20. The summed E-state index contributed by atoms with van der Waals surface area (Å²) in [6.45, 7) is 4.50. The van der Waals surface area contributed by atoms with E-state index in [-0.39, 0.29) is 0 Å². The Morgan fingerprint density at radius 2 is 1.69 bits per heavy atom. The predicted molar refractivity (Wildman–Crippen MR) is 61.4 cm³/mol. The Bertz CT molecular complexity index is 288. The molecule has 0 spiro atoms. The van der Waals surface area contributed by atoms with Gasteiger partial charge in [-0.25, -0.2) is 0 Å². The van der Waals surface area contributed by atoms with E-state index in [4.69, 9.17) is 0 Å². The van der Waals surface area contributed by atoms with Gasteiger partial charge in [0.2, 0.25) is 0 Å². The van der Waals surface area contributed by atoms with E-state index in [1.54, 1.807) is 0 Å². The molecule has 1 rings (SSSR count). The molecule has 0 atom stereocenters. The van der Waals surface area contributed by atoms with Crippen molar-refractivity contribution in [2.24, 2.45) is 0 Å². The van der Waals surface area contributed by atoms with Gasteiger partial charge in [-0.15, -0.1) is 5.54 Å². The molecule has 0 aliphatic rings. The molecule has 0 N–H and O–H groups in total. The summed E-state index contributed by atoms with van der Waals surface area (Å²) >= 11 is 0. The van der Waals surface area contributed by atoms with Crippen molar-refractivity contribution >= 4 is 8.80 Å². The van der Waals surface area contributed by atoms with E-state index in [1.165, 1.54) is 12.1 Å².